The van der Waals surface area contributed by atoms with Crippen LogP contribution in [-0.2, 0) is 16.6 Å². The molecule has 33 heavy (non-hydrogen) atoms. The van der Waals surface area contributed by atoms with Crippen molar-refractivity contribution in [3.8, 4) is 17.0 Å². The van der Waals surface area contributed by atoms with Gasteiger partial charge in [-0.3, -0.25) is 4.90 Å². The summed E-state index contributed by atoms with van der Waals surface area (Å²) in [5.41, 5.74) is 1.63. The van der Waals surface area contributed by atoms with E-state index in [-0.39, 0.29) is 12.0 Å². The van der Waals surface area contributed by atoms with Crippen LogP contribution in [0.15, 0.2) is 18.2 Å². The summed E-state index contributed by atoms with van der Waals surface area (Å²) in [4.78, 5) is 4.99. The Morgan fingerprint density at radius 1 is 1.09 bits per heavy atom. The van der Waals surface area contributed by atoms with Crippen molar-refractivity contribution in [1.82, 2.24) is 9.80 Å². The van der Waals surface area contributed by atoms with Gasteiger partial charge in [-0.25, -0.2) is 0 Å². The fourth-order valence-corrected chi connectivity index (χ4v) is 6.47. The highest BCUT2D eigenvalue weighted by molar-refractivity contribution is 6.30. The third-order valence-corrected chi connectivity index (χ3v) is 8.24. The summed E-state index contributed by atoms with van der Waals surface area (Å²) in [5, 5.41) is 32.4. The van der Waals surface area contributed by atoms with Gasteiger partial charge in [0, 0.05) is 38.1 Å². The number of aliphatic hydroxyl groups excluding tert-OH is 1. The molecule has 4 rings (SSSR count). The zero-order valence-corrected chi connectivity index (χ0v) is 20.2. The second kappa shape index (κ2) is 10.9. The Balaban J connectivity index is 1.42. The smallest absolute Gasteiger partial charge is 0.127 e. The molecule has 0 aromatic heterocycles. The van der Waals surface area contributed by atoms with E-state index in [0.717, 1.165) is 65.0 Å². The number of nitrogens with zero attached hydrogens (tertiary/aromatic N) is 2. The molecule has 1 heterocycles. The number of hydrogen-bond acceptors (Lipinski definition) is 6. The van der Waals surface area contributed by atoms with Gasteiger partial charge in [0.1, 0.15) is 11.4 Å². The third kappa shape index (κ3) is 5.67. The molecule has 7 heteroatoms. The first-order valence-electron chi connectivity index (χ1n) is 12.3. The predicted molar refractivity (Wildman–Crippen MR) is 129 cm³/mol. The maximum absolute atomic E-state index is 11.0. The summed E-state index contributed by atoms with van der Waals surface area (Å²) in [7, 11) is 0. The Morgan fingerprint density at radius 2 is 1.85 bits per heavy atom. The predicted octanol–water partition coefficient (Wildman–Crippen LogP) is 2.32. The van der Waals surface area contributed by atoms with Crippen LogP contribution in [0.3, 0.4) is 0 Å². The molecule has 0 amide bonds. The Labute approximate surface area is 202 Å². The van der Waals surface area contributed by atoms with Crippen LogP contribution in [0, 0.1) is 17.2 Å². The normalized spacial score (nSPS) is 30.2. The average molecular weight is 477 g/mol. The first-order valence-corrected chi connectivity index (χ1v) is 12.7. The Hall–Kier alpha value is -1.33. The van der Waals surface area contributed by atoms with Gasteiger partial charge in [-0.2, -0.15) is 0 Å². The van der Waals surface area contributed by atoms with Crippen molar-refractivity contribution in [3.05, 3.63) is 29.3 Å². The number of aromatic hydroxyl groups is 1. The number of fused-ring (bicyclic) bond motifs is 3. The lowest BCUT2D eigenvalue weighted by molar-refractivity contribution is -0.0150. The highest BCUT2D eigenvalue weighted by Crippen LogP contribution is 2.54. The molecule has 2 fully saturated rings. The van der Waals surface area contributed by atoms with Crippen LogP contribution >= 0.6 is 11.6 Å². The van der Waals surface area contributed by atoms with Gasteiger partial charge in [-0.1, -0.05) is 12.0 Å². The molecule has 0 radical (unpaired) electrons. The molecule has 2 aliphatic carbocycles. The van der Waals surface area contributed by atoms with Gasteiger partial charge in [0.2, 0.25) is 0 Å². The number of piperazine rings is 1. The van der Waals surface area contributed by atoms with E-state index >= 15 is 0 Å². The van der Waals surface area contributed by atoms with Gasteiger partial charge in [0.15, 0.2) is 0 Å². The Bertz CT molecular complexity index is 864. The molecule has 182 valence electrons. The quantitative estimate of drug-likeness (QED) is 0.395. The number of aryl methyl sites for hydroxylation is 1. The van der Waals surface area contributed by atoms with Crippen LogP contribution in [-0.4, -0.2) is 89.8 Å². The van der Waals surface area contributed by atoms with Crippen molar-refractivity contribution in [2.24, 2.45) is 5.92 Å². The second-order valence-electron chi connectivity index (χ2n) is 9.96. The van der Waals surface area contributed by atoms with Crippen molar-refractivity contribution in [1.29, 1.82) is 0 Å². The summed E-state index contributed by atoms with van der Waals surface area (Å²) in [6.07, 6.45) is 5.17. The lowest BCUT2D eigenvalue weighted by atomic mass is 9.53. The van der Waals surface area contributed by atoms with E-state index in [0.29, 0.717) is 37.7 Å². The monoisotopic (exact) mass is 476 g/mol. The SMILES string of the molecule is OCCOCCN1CCN(CC[C@@]23CC[C@](O)(C#CCl)C[C@H]2CCc2cc(O)ccc23)CC1. The molecule has 0 unspecified atom stereocenters. The molecular formula is C26H37ClN2O4. The molecular weight excluding hydrogens is 440 g/mol. The number of hydrogen-bond donors (Lipinski definition) is 3. The maximum atomic E-state index is 11.0. The number of aliphatic hydroxyl groups is 2. The van der Waals surface area contributed by atoms with Crippen molar-refractivity contribution < 1.29 is 20.1 Å². The lowest BCUT2D eigenvalue weighted by Gasteiger charge is -2.53. The molecule has 3 N–H and O–H groups in total. The molecule has 1 aliphatic heterocycles. The summed E-state index contributed by atoms with van der Waals surface area (Å²) in [5.74, 6) is 3.56. The van der Waals surface area contributed by atoms with Gasteiger partial charge in [0.25, 0.3) is 0 Å². The molecule has 0 bridgehead atoms. The van der Waals surface area contributed by atoms with Crippen LogP contribution in [0.1, 0.15) is 43.2 Å². The van der Waals surface area contributed by atoms with E-state index in [1.54, 1.807) is 0 Å². The second-order valence-corrected chi connectivity index (χ2v) is 10.1. The van der Waals surface area contributed by atoms with Crippen LogP contribution in [0.4, 0.5) is 0 Å². The highest BCUT2D eigenvalue weighted by atomic mass is 35.5. The van der Waals surface area contributed by atoms with E-state index in [9.17, 15) is 10.2 Å². The summed E-state index contributed by atoms with van der Waals surface area (Å²) in [6.45, 7) is 7.27. The fourth-order valence-electron chi connectivity index (χ4n) is 6.29. The molecule has 3 atom stereocenters. The minimum absolute atomic E-state index is 0.0107. The topological polar surface area (TPSA) is 76.4 Å². The average Bonchev–Trinajstić information content (AvgIpc) is 2.81. The number of phenols is 1. The molecule has 3 aliphatic rings. The van der Waals surface area contributed by atoms with E-state index in [1.165, 1.54) is 11.1 Å². The van der Waals surface area contributed by atoms with Gasteiger partial charge in [-0.05, 0) is 91.3 Å². The standard InChI is InChI=1S/C26H37ClN2O4/c27-9-7-25(32)5-6-26(22(20-25)2-1-21-19-23(31)3-4-24(21)26)8-10-28-11-13-29(14-12-28)15-17-33-18-16-30/h3-4,19,22,30-32H,1-2,5-6,8,10-18,20H2/t22-,25+,26+/m1/s1. The van der Waals surface area contributed by atoms with Gasteiger partial charge in [-0.15, -0.1) is 0 Å². The van der Waals surface area contributed by atoms with Crippen LogP contribution in [0.2, 0.25) is 0 Å². The van der Waals surface area contributed by atoms with Crippen molar-refractivity contribution in [3.63, 3.8) is 0 Å². The Morgan fingerprint density at radius 3 is 2.58 bits per heavy atom. The first kappa shape index (κ1) is 24.8. The lowest BCUT2D eigenvalue weighted by Crippen LogP contribution is -2.52. The van der Waals surface area contributed by atoms with Crippen molar-refractivity contribution in [2.45, 2.75) is 49.5 Å². The maximum Gasteiger partial charge on any atom is 0.127 e. The van der Waals surface area contributed by atoms with Crippen molar-refractivity contribution in [2.75, 3.05) is 59.1 Å². The van der Waals surface area contributed by atoms with Crippen LogP contribution in [0.25, 0.3) is 0 Å². The van der Waals surface area contributed by atoms with E-state index in [4.69, 9.17) is 21.4 Å². The van der Waals surface area contributed by atoms with Gasteiger partial charge in [0.05, 0.1) is 19.8 Å². The fraction of sp³-hybridized carbons (Fsp3) is 0.692. The zero-order chi connectivity index (χ0) is 23.3. The highest BCUT2D eigenvalue weighted by Gasteiger charge is 2.51. The number of ether oxygens (including phenoxy) is 1. The largest absolute Gasteiger partial charge is 0.508 e. The molecule has 1 aromatic rings. The van der Waals surface area contributed by atoms with Crippen LogP contribution < -0.4 is 0 Å². The Kier molecular flexibility index (Phi) is 8.22. The third-order valence-electron chi connectivity index (χ3n) is 8.14. The number of halogens is 1. The van der Waals surface area contributed by atoms with E-state index < -0.39 is 5.60 Å². The van der Waals surface area contributed by atoms with E-state index in [2.05, 4.69) is 27.2 Å². The molecule has 0 spiro atoms. The minimum atomic E-state index is -0.992. The molecule has 1 aromatic carbocycles. The zero-order valence-electron chi connectivity index (χ0n) is 19.4. The number of phenolic OH excluding ortho intramolecular Hbond substituents is 1. The molecule has 1 saturated carbocycles. The van der Waals surface area contributed by atoms with Gasteiger partial charge < -0.3 is 25.0 Å². The van der Waals surface area contributed by atoms with Gasteiger partial charge >= 0.3 is 0 Å². The summed E-state index contributed by atoms with van der Waals surface area (Å²) >= 11 is 5.68. The number of rotatable bonds is 8. The van der Waals surface area contributed by atoms with Crippen molar-refractivity contribution >= 4 is 11.6 Å². The molecule has 6 nitrogen and oxygen atoms in total. The summed E-state index contributed by atoms with van der Waals surface area (Å²) in [6, 6.07) is 5.88. The number of benzene rings is 1. The minimum Gasteiger partial charge on any atom is -0.508 e. The van der Waals surface area contributed by atoms with E-state index in [1.807, 2.05) is 12.1 Å². The van der Waals surface area contributed by atoms with Crippen LogP contribution in [0.5, 0.6) is 5.75 Å². The molecule has 1 saturated heterocycles. The first-order chi connectivity index (χ1) is 16.0. The summed E-state index contributed by atoms with van der Waals surface area (Å²) < 4.78 is 5.41.